The van der Waals surface area contributed by atoms with Crippen LogP contribution in [0.1, 0.15) is 30.6 Å². The molecule has 12 heteroatoms. The number of amides is 2. The second kappa shape index (κ2) is 12.8. The molecule has 0 aliphatic carbocycles. The Kier molecular flexibility index (Phi) is 9.00. The van der Waals surface area contributed by atoms with Gasteiger partial charge in [-0.15, -0.1) is 11.3 Å². The Labute approximate surface area is 229 Å². The minimum atomic E-state index is -0.585. The summed E-state index contributed by atoms with van der Waals surface area (Å²) in [5.74, 6) is 0.395. The summed E-state index contributed by atoms with van der Waals surface area (Å²) in [6.07, 6.45) is 5.71. The van der Waals surface area contributed by atoms with Crippen LogP contribution in [-0.2, 0) is 4.74 Å². The van der Waals surface area contributed by atoms with Crippen LogP contribution in [0.4, 0.5) is 10.6 Å². The molecule has 4 aromatic heterocycles. The molecule has 0 saturated heterocycles. The number of pyridine rings is 3. The highest BCUT2D eigenvalue weighted by atomic mass is 32.1. The Bertz CT molecular complexity index is 1470. The lowest BCUT2D eigenvalue weighted by Crippen LogP contribution is -2.28. The monoisotopic (exact) mass is 548 g/mol. The molecule has 0 unspecified atom stereocenters. The number of hydrogen-bond acceptors (Lipinski definition) is 10. The van der Waals surface area contributed by atoms with Gasteiger partial charge in [-0.25, -0.2) is 29.5 Å². The van der Waals surface area contributed by atoms with Crippen LogP contribution in [0.25, 0.3) is 33.0 Å². The Balaban J connectivity index is 1.82. The first kappa shape index (κ1) is 27.5. The summed E-state index contributed by atoms with van der Waals surface area (Å²) in [4.78, 5) is 42.5. The smallest absolute Gasteiger partial charge is 0.343 e. The standard InChI is InChI=1S/C27H28N6O5S/c1-5-10-38-24-17(8-7-9-29-24)21-15-39-25(32-21)18-12-22(33-27(35)28-6-2)30-14-20(18)16-11-19(26(34)37-4)23(36-3)31-13-16/h7-9,11-15H,5-6,10H2,1-4H3,(H2,28,30,33,35). The maximum atomic E-state index is 12.4. The molecule has 11 nitrogen and oxygen atoms in total. The zero-order valence-corrected chi connectivity index (χ0v) is 22.8. The number of urea groups is 1. The number of hydrogen-bond donors (Lipinski definition) is 2. The number of aromatic nitrogens is 4. The molecule has 0 radical (unpaired) electrons. The van der Waals surface area contributed by atoms with Gasteiger partial charge < -0.3 is 19.5 Å². The predicted molar refractivity (Wildman–Crippen MR) is 148 cm³/mol. The molecule has 0 saturated carbocycles. The summed E-state index contributed by atoms with van der Waals surface area (Å²) in [7, 11) is 2.72. The van der Waals surface area contributed by atoms with Gasteiger partial charge in [0.15, 0.2) is 0 Å². The number of ether oxygens (including phenoxy) is 3. The van der Waals surface area contributed by atoms with Gasteiger partial charge in [0.2, 0.25) is 11.8 Å². The first-order chi connectivity index (χ1) is 19.0. The number of nitrogens with zero attached hydrogens (tertiary/aromatic N) is 4. The number of thiazole rings is 1. The highest BCUT2D eigenvalue weighted by Crippen LogP contribution is 2.38. The average molecular weight is 549 g/mol. The number of anilines is 1. The van der Waals surface area contributed by atoms with Crippen molar-refractivity contribution in [2.45, 2.75) is 20.3 Å². The molecule has 4 aromatic rings. The summed E-state index contributed by atoms with van der Waals surface area (Å²) in [5, 5.41) is 7.99. The van der Waals surface area contributed by atoms with Gasteiger partial charge in [-0.05, 0) is 37.6 Å². The molecule has 0 aromatic carbocycles. The Morgan fingerprint density at radius 3 is 2.59 bits per heavy atom. The lowest BCUT2D eigenvalue weighted by molar-refractivity contribution is 0.0596. The zero-order valence-electron chi connectivity index (χ0n) is 22.0. The van der Waals surface area contributed by atoms with Crippen LogP contribution >= 0.6 is 11.3 Å². The fraction of sp³-hybridized carbons (Fsp3) is 0.259. The van der Waals surface area contributed by atoms with Gasteiger partial charge in [0.05, 0.1) is 32.1 Å². The van der Waals surface area contributed by atoms with E-state index in [1.807, 2.05) is 31.4 Å². The molecule has 2 amide bonds. The summed E-state index contributed by atoms with van der Waals surface area (Å²) in [5.41, 5.74) is 3.54. The molecular weight excluding hydrogens is 520 g/mol. The summed E-state index contributed by atoms with van der Waals surface area (Å²) >= 11 is 1.41. The lowest BCUT2D eigenvalue weighted by Gasteiger charge is -2.13. The van der Waals surface area contributed by atoms with E-state index in [1.54, 1.807) is 30.7 Å². The third-order valence-electron chi connectivity index (χ3n) is 5.47. The molecule has 4 heterocycles. The highest BCUT2D eigenvalue weighted by Gasteiger charge is 2.20. The van der Waals surface area contributed by atoms with E-state index in [4.69, 9.17) is 19.2 Å². The number of nitrogens with one attached hydrogen (secondary N) is 2. The molecule has 2 N–H and O–H groups in total. The van der Waals surface area contributed by atoms with Crippen molar-refractivity contribution in [3.63, 3.8) is 0 Å². The fourth-order valence-electron chi connectivity index (χ4n) is 3.69. The quantitative estimate of drug-likeness (QED) is 0.261. The van der Waals surface area contributed by atoms with Crippen LogP contribution in [0.5, 0.6) is 11.8 Å². The Hall–Kier alpha value is -4.58. The van der Waals surface area contributed by atoms with E-state index in [0.29, 0.717) is 52.2 Å². The molecule has 39 heavy (non-hydrogen) atoms. The number of methoxy groups -OCH3 is 2. The van der Waals surface area contributed by atoms with Crippen molar-refractivity contribution in [2.75, 3.05) is 32.7 Å². The maximum absolute atomic E-state index is 12.4. The second-order valence-corrected chi connectivity index (χ2v) is 8.97. The van der Waals surface area contributed by atoms with Crippen LogP contribution in [0, 0.1) is 0 Å². The van der Waals surface area contributed by atoms with Gasteiger partial charge in [-0.1, -0.05) is 6.92 Å². The molecule has 0 aliphatic rings. The van der Waals surface area contributed by atoms with Gasteiger partial charge in [-0.2, -0.15) is 0 Å². The Morgan fingerprint density at radius 1 is 1.00 bits per heavy atom. The van der Waals surface area contributed by atoms with Gasteiger partial charge in [0, 0.05) is 47.2 Å². The van der Waals surface area contributed by atoms with Crippen molar-refractivity contribution in [3.05, 3.63) is 53.8 Å². The normalized spacial score (nSPS) is 10.6. The summed E-state index contributed by atoms with van der Waals surface area (Å²) in [6.45, 7) is 4.86. The van der Waals surface area contributed by atoms with E-state index >= 15 is 0 Å². The lowest BCUT2D eigenvalue weighted by atomic mass is 10.0. The molecule has 0 atom stereocenters. The first-order valence-electron chi connectivity index (χ1n) is 12.2. The molecule has 0 spiro atoms. The van der Waals surface area contributed by atoms with Crippen LogP contribution in [0.2, 0.25) is 0 Å². The highest BCUT2D eigenvalue weighted by molar-refractivity contribution is 7.13. The van der Waals surface area contributed by atoms with Gasteiger partial charge >= 0.3 is 12.0 Å². The van der Waals surface area contributed by atoms with Crippen LogP contribution in [-0.4, -0.2) is 59.3 Å². The third-order valence-corrected chi connectivity index (χ3v) is 6.34. The van der Waals surface area contributed by atoms with E-state index in [2.05, 4.69) is 25.6 Å². The largest absolute Gasteiger partial charge is 0.480 e. The first-order valence-corrected chi connectivity index (χ1v) is 13.1. The zero-order chi connectivity index (χ0) is 27.8. The number of carbonyl (C=O) groups is 2. The topological polar surface area (TPSA) is 137 Å². The maximum Gasteiger partial charge on any atom is 0.343 e. The van der Waals surface area contributed by atoms with Gasteiger partial charge in [0.1, 0.15) is 16.4 Å². The third kappa shape index (κ3) is 6.29. The molecule has 0 fully saturated rings. The number of rotatable bonds is 10. The molecule has 202 valence electrons. The SMILES string of the molecule is CCCOc1ncccc1-c1csc(-c2cc(NC(=O)NCC)ncc2-c2cnc(OC)c(C(=O)OC)c2)n1. The van der Waals surface area contributed by atoms with E-state index < -0.39 is 5.97 Å². The number of esters is 1. The van der Waals surface area contributed by atoms with Crippen molar-refractivity contribution >= 4 is 29.2 Å². The van der Waals surface area contributed by atoms with Crippen LogP contribution in [0.3, 0.4) is 0 Å². The minimum absolute atomic E-state index is 0.141. The summed E-state index contributed by atoms with van der Waals surface area (Å²) in [6, 6.07) is 6.71. The van der Waals surface area contributed by atoms with Gasteiger partial charge in [0.25, 0.3) is 0 Å². The van der Waals surface area contributed by atoms with E-state index in [0.717, 1.165) is 12.0 Å². The van der Waals surface area contributed by atoms with Crippen molar-refractivity contribution in [1.29, 1.82) is 0 Å². The van der Waals surface area contributed by atoms with Crippen molar-refractivity contribution in [3.8, 4) is 44.7 Å². The molecular formula is C27H28N6O5S. The molecule has 4 rings (SSSR count). The molecule has 0 bridgehead atoms. The van der Waals surface area contributed by atoms with Crippen molar-refractivity contribution in [1.82, 2.24) is 25.3 Å². The fourth-order valence-corrected chi connectivity index (χ4v) is 4.54. The predicted octanol–water partition coefficient (Wildman–Crippen LogP) is 5.05. The summed E-state index contributed by atoms with van der Waals surface area (Å²) < 4.78 is 16.0. The van der Waals surface area contributed by atoms with Gasteiger partial charge in [-0.3, -0.25) is 5.32 Å². The van der Waals surface area contributed by atoms with E-state index in [9.17, 15) is 9.59 Å². The Morgan fingerprint density at radius 2 is 1.85 bits per heavy atom. The van der Waals surface area contributed by atoms with Crippen LogP contribution in [0.15, 0.2) is 48.2 Å². The minimum Gasteiger partial charge on any atom is -0.480 e. The average Bonchev–Trinajstić information content (AvgIpc) is 3.45. The van der Waals surface area contributed by atoms with Crippen molar-refractivity contribution < 1.29 is 23.8 Å². The van der Waals surface area contributed by atoms with Crippen molar-refractivity contribution in [2.24, 2.45) is 0 Å². The van der Waals surface area contributed by atoms with E-state index in [-0.39, 0.29) is 17.5 Å². The van der Waals surface area contributed by atoms with Crippen LogP contribution < -0.4 is 20.1 Å². The second-order valence-electron chi connectivity index (χ2n) is 8.11. The number of carbonyl (C=O) groups excluding carboxylic acids is 2. The molecule has 0 aliphatic heterocycles. The van der Waals surface area contributed by atoms with E-state index in [1.165, 1.54) is 25.6 Å².